The van der Waals surface area contributed by atoms with Crippen molar-refractivity contribution in [2.24, 2.45) is 0 Å². The van der Waals surface area contributed by atoms with Crippen LogP contribution in [0.4, 0.5) is 0 Å². The molecule has 0 fully saturated rings. The van der Waals surface area contributed by atoms with E-state index in [-0.39, 0.29) is 19.2 Å². The van der Waals surface area contributed by atoms with E-state index < -0.39 is 24.4 Å². The van der Waals surface area contributed by atoms with E-state index in [2.05, 4.69) is 10.6 Å². The predicted octanol–water partition coefficient (Wildman–Crippen LogP) is 2.26. The molecule has 0 aromatic heterocycles. The van der Waals surface area contributed by atoms with Crippen LogP contribution in [0.2, 0.25) is 5.02 Å². The highest BCUT2D eigenvalue weighted by Crippen LogP contribution is 2.15. The lowest BCUT2D eigenvalue weighted by molar-refractivity contribution is -0.148. The molecule has 2 aromatic rings. The molecule has 0 radical (unpaired) electrons. The Morgan fingerprint density at radius 3 is 2.32 bits per heavy atom. The molecule has 0 heterocycles. The van der Waals surface area contributed by atoms with Crippen molar-refractivity contribution >= 4 is 29.4 Å². The van der Waals surface area contributed by atoms with Gasteiger partial charge >= 0.3 is 5.97 Å². The van der Waals surface area contributed by atoms with Crippen molar-refractivity contribution in [1.82, 2.24) is 10.6 Å². The van der Waals surface area contributed by atoms with Gasteiger partial charge in [-0.25, -0.2) is 0 Å². The van der Waals surface area contributed by atoms with Gasteiger partial charge in [0.2, 0.25) is 0 Å². The smallest absolute Gasteiger partial charge is 0.325 e. The fourth-order valence-corrected chi connectivity index (χ4v) is 2.33. The summed E-state index contributed by atoms with van der Waals surface area (Å²) in [6.45, 7) is 0.788. The summed E-state index contributed by atoms with van der Waals surface area (Å²) in [7, 11) is 0. The molecule has 0 saturated carbocycles. The highest BCUT2D eigenvalue weighted by molar-refractivity contribution is 6.30. The molecular weight excluding hydrogens is 384 g/mol. The second-order valence-corrected chi connectivity index (χ2v) is 6.32. The highest BCUT2D eigenvalue weighted by Gasteiger charge is 2.13. The van der Waals surface area contributed by atoms with Gasteiger partial charge in [0.05, 0.1) is 6.04 Å². The number of hydrogen-bond donors (Lipinski definition) is 2. The first kappa shape index (κ1) is 21.2. The summed E-state index contributed by atoms with van der Waals surface area (Å²) in [4.78, 5) is 35.2. The lowest BCUT2D eigenvalue weighted by atomic mass is 10.1. The Balaban J connectivity index is 1.62. The highest BCUT2D eigenvalue weighted by atomic mass is 35.5. The second-order valence-electron chi connectivity index (χ2n) is 5.88. The van der Waals surface area contributed by atoms with Crippen molar-refractivity contribution in [3.8, 4) is 5.75 Å². The number of carbonyl (C=O) groups is 3. The minimum absolute atomic E-state index is 0.226. The molecule has 7 nitrogen and oxygen atoms in total. The van der Waals surface area contributed by atoms with Crippen LogP contribution in [0.1, 0.15) is 18.5 Å². The lowest BCUT2D eigenvalue weighted by Crippen LogP contribution is -2.36. The normalized spacial score (nSPS) is 11.2. The Morgan fingerprint density at radius 1 is 0.964 bits per heavy atom. The van der Waals surface area contributed by atoms with E-state index in [0.29, 0.717) is 10.8 Å². The van der Waals surface area contributed by atoms with Crippen LogP contribution in [0.25, 0.3) is 0 Å². The zero-order valence-electron chi connectivity index (χ0n) is 15.3. The summed E-state index contributed by atoms with van der Waals surface area (Å²) in [5.74, 6) is -1.09. The first-order chi connectivity index (χ1) is 13.4. The molecule has 28 heavy (non-hydrogen) atoms. The van der Waals surface area contributed by atoms with Crippen LogP contribution in [-0.4, -0.2) is 37.5 Å². The first-order valence-electron chi connectivity index (χ1n) is 8.59. The molecule has 2 N–H and O–H groups in total. The van der Waals surface area contributed by atoms with Crippen LogP contribution < -0.4 is 15.4 Å². The molecule has 2 rings (SSSR count). The van der Waals surface area contributed by atoms with Gasteiger partial charge in [-0.05, 0) is 36.8 Å². The summed E-state index contributed by atoms with van der Waals surface area (Å²) < 4.78 is 10.1. The number of halogens is 1. The average molecular weight is 405 g/mol. The van der Waals surface area contributed by atoms with Crippen LogP contribution in [0, 0.1) is 0 Å². The number of rotatable bonds is 9. The van der Waals surface area contributed by atoms with E-state index in [1.165, 1.54) is 0 Å². The maximum absolute atomic E-state index is 11.9. The topological polar surface area (TPSA) is 93.7 Å². The number of nitrogens with one attached hydrogen (secondary N) is 2. The molecular formula is C20H21ClN2O5. The van der Waals surface area contributed by atoms with Gasteiger partial charge in [0.25, 0.3) is 11.8 Å². The average Bonchev–Trinajstić information content (AvgIpc) is 2.70. The molecule has 2 amide bonds. The molecule has 148 valence electrons. The Morgan fingerprint density at radius 2 is 1.64 bits per heavy atom. The SMILES string of the molecule is CC(NC(=O)COC(=O)CNC(=O)COc1ccccc1)c1ccc(Cl)cc1. The van der Waals surface area contributed by atoms with Crippen molar-refractivity contribution < 1.29 is 23.9 Å². The van der Waals surface area contributed by atoms with Crippen molar-refractivity contribution in [3.05, 3.63) is 65.2 Å². The molecule has 0 aliphatic heterocycles. The van der Waals surface area contributed by atoms with Gasteiger partial charge in [-0.1, -0.05) is 41.9 Å². The summed E-state index contributed by atoms with van der Waals surface area (Å²) in [6, 6.07) is 15.6. The molecule has 1 atom stereocenters. The first-order valence-corrected chi connectivity index (χ1v) is 8.97. The molecule has 0 aliphatic rings. The van der Waals surface area contributed by atoms with E-state index in [9.17, 15) is 14.4 Å². The molecule has 0 spiro atoms. The quantitative estimate of drug-likeness (QED) is 0.625. The van der Waals surface area contributed by atoms with E-state index in [0.717, 1.165) is 5.56 Å². The molecule has 1 unspecified atom stereocenters. The van der Waals surface area contributed by atoms with Gasteiger partial charge in [0.1, 0.15) is 12.3 Å². The minimum atomic E-state index is -0.720. The van der Waals surface area contributed by atoms with Crippen LogP contribution in [0.5, 0.6) is 5.75 Å². The van der Waals surface area contributed by atoms with Gasteiger partial charge in [-0.2, -0.15) is 0 Å². The monoisotopic (exact) mass is 404 g/mol. The third kappa shape index (κ3) is 7.67. The van der Waals surface area contributed by atoms with Gasteiger partial charge in [-0.15, -0.1) is 0 Å². The van der Waals surface area contributed by atoms with Crippen molar-refractivity contribution in [3.63, 3.8) is 0 Å². The van der Waals surface area contributed by atoms with E-state index in [1.807, 2.05) is 6.07 Å². The number of benzene rings is 2. The Labute approximate surface area is 168 Å². The second kappa shape index (κ2) is 10.9. The standard InChI is InChI=1S/C20H21ClN2O5/c1-14(15-7-9-16(21)10-8-15)23-19(25)13-28-20(26)11-22-18(24)12-27-17-5-3-2-4-6-17/h2-10,14H,11-13H2,1H3,(H,22,24)(H,23,25). The Kier molecular flexibility index (Phi) is 8.30. The third-order valence-electron chi connectivity index (χ3n) is 3.65. The fourth-order valence-electron chi connectivity index (χ4n) is 2.20. The molecule has 8 heteroatoms. The van der Waals surface area contributed by atoms with Crippen LogP contribution in [0.3, 0.4) is 0 Å². The molecule has 2 aromatic carbocycles. The predicted molar refractivity (Wildman–Crippen MR) is 104 cm³/mol. The fraction of sp³-hybridized carbons (Fsp3) is 0.250. The molecule has 0 aliphatic carbocycles. The van der Waals surface area contributed by atoms with Gasteiger partial charge in [0, 0.05) is 5.02 Å². The van der Waals surface area contributed by atoms with E-state index in [1.54, 1.807) is 55.5 Å². The number of hydrogen-bond acceptors (Lipinski definition) is 5. The van der Waals surface area contributed by atoms with E-state index in [4.69, 9.17) is 21.1 Å². The largest absolute Gasteiger partial charge is 0.484 e. The van der Waals surface area contributed by atoms with Gasteiger partial charge < -0.3 is 20.1 Å². The lowest BCUT2D eigenvalue weighted by Gasteiger charge is -2.14. The third-order valence-corrected chi connectivity index (χ3v) is 3.91. The van der Waals surface area contributed by atoms with Gasteiger partial charge in [0.15, 0.2) is 13.2 Å². The Hall–Kier alpha value is -3.06. The zero-order chi connectivity index (χ0) is 20.4. The van der Waals surface area contributed by atoms with Crippen LogP contribution in [0.15, 0.2) is 54.6 Å². The number of ether oxygens (including phenoxy) is 2. The van der Waals surface area contributed by atoms with E-state index >= 15 is 0 Å². The minimum Gasteiger partial charge on any atom is -0.484 e. The number of carbonyl (C=O) groups excluding carboxylic acids is 3. The maximum atomic E-state index is 11.9. The summed E-state index contributed by atoms with van der Waals surface area (Å²) in [5.41, 5.74) is 0.870. The molecule has 0 saturated heterocycles. The summed E-state index contributed by atoms with van der Waals surface area (Å²) >= 11 is 5.83. The number of amides is 2. The zero-order valence-corrected chi connectivity index (χ0v) is 16.1. The van der Waals surface area contributed by atoms with Crippen molar-refractivity contribution in [2.75, 3.05) is 19.8 Å². The van der Waals surface area contributed by atoms with Crippen LogP contribution in [-0.2, 0) is 19.1 Å². The Bertz CT molecular complexity index is 796. The summed E-state index contributed by atoms with van der Waals surface area (Å²) in [6.07, 6.45) is 0. The number of para-hydroxylation sites is 1. The summed E-state index contributed by atoms with van der Waals surface area (Å²) in [5, 5.41) is 5.68. The van der Waals surface area contributed by atoms with Crippen molar-refractivity contribution in [1.29, 1.82) is 0 Å². The van der Waals surface area contributed by atoms with Crippen molar-refractivity contribution in [2.45, 2.75) is 13.0 Å². The van der Waals surface area contributed by atoms with Gasteiger partial charge in [-0.3, -0.25) is 14.4 Å². The number of esters is 1. The molecule has 0 bridgehead atoms. The van der Waals surface area contributed by atoms with Crippen LogP contribution >= 0.6 is 11.6 Å². The maximum Gasteiger partial charge on any atom is 0.325 e.